The Morgan fingerprint density at radius 2 is 1.86 bits per heavy atom. The lowest BCUT2D eigenvalue weighted by atomic mass is 9.75. The zero-order valence-corrected chi connectivity index (χ0v) is 8.40. The smallest absolute Gasteiger partial charge is 0.166 e. The molecular weight excluding hydrogens is 176 g/mol. The van der Waals surface area contributed by atoms with Crippen molar-refractivity contribution in [1.29, 1.82) is 0 Å². The predicted octanol–water partition coefficient (Wildman–Crippen LogP) is 2.19. The summed E-state index contributed by atoms with van der Waals surface area (Å²) in [6.45, 7) is 3.80. The molecule has 2 rings (SSSR count). The Balaban J connectivity index is 2.56. The number of benzene rings is 1. The molecule has 2 nitrogen and oxygen atoms in total. The monoisotopic (exact) mass is 190 g/mol. The molecule has 1 aliphatic rings. The van der Waals surface area contributed by atoms with Crippen molar-refractivity contribution in [3.05, 3.63) is 35.4 Å². The standard InChI is InChI=1S/C12H14O2/c1-7-8(2)12(14)10-6-4-3-5-9(10)11(7)13/h3-8,11,13H,1-2H3. The van der Waals surface area contributed by atoms with Gasteiger partial charge < -0.3 is 5.11 Å². The lowest BCUT2D eigenvalue weighted by molar-refractivity contribution is 0.0569. The van der Waals surface area contributed by atoms with Crippen LogP contribution in [0.15, 0.2) is 24.3 Å². The topological polar surface area (TPSA) is 37.3 Å². The van der Waals surface area contributed by atoms with Crippen LogP contribution in [-0.2, 0) is 0 Å². The third-order valence-corrected chi connectivity index (χ3v) is 3.25. The van der Waals surface area contributed by atoms with Crippen molar-refractivity contribution < 1.29 is 9.90 Å². The Labute approximate surface area is 83.6 Å². The van der Waals surface area contributed by atoms with Gasteiger partial charge in [0.05, 0.1) is 6.10 Å². The summed E-state index contributed by atoms with van der Waals surface area (Å²) in [5.74, 6) is 0.0794. The van der Waals surface area contributed by atoms with E-state index in [1.807, 2.05) is 32.0 Å². The Kier molecular flexibility index (Phi) is 2.16. The highest BCUT2D eigenvalue weighted by Gasteiger charge is 2.35. The summed E-state index contributed by atoms with van der Waals surface area (Å²) >= 11 is 0. The van der Waals surface area contributed by atoms with E-state index in [0.29, 0.717) is 5.56 Å². The first-order valence-corrected chi connectivity index (χ1v) is 4.94. The highest BCUT2D eigenvalue weighted by molar-refractivity contribution is 6.00. The molecule has 14 heavy (non-hydrogen) atoms. The minimum absolute atomic E-state index is 0.0115. The van der Waals surface area contributed by atoms with Gasteiger partial charge in [0.15, 0.2) is 5.78 Å². The second kappa shape index (κ2) is 3.21. The minimum atomic E-state index is -0.501. The maximum absolute atomic E-state index is 11.9. The molecule has 0 heterocycles. The minimum Gasteiger partial charge on any atom is -0.388 e. The zero-order valence-electron chi connectivity index (χ0n) is 8.40. The Morgan fingerprint density at radius 1 is 1.21 bits per heavy atom. The fourth-order valence-electron chi connectivity index (χ4n) is 2.02. The highest BCUT2D eigenvalue weighted by atomic mass is 16.3. The van der Waals surface area contributed by atoms with E-state index in [9.17, 15) is 9.90 Å². The van der Waals surface area contributed by atoms with Gasteiger partial charge in [0.25, 0.3) is 0 Å². The van der Waals surface area contributed by atoms with Crippen molar-refractivity contribution in [3.8, 4) is 0 Å². The molecule has 1 aromatic rings. The molecule has 0 saturated heterocycles. The van der Waals surface area contributed by atoms with Crippen LogP contribution in [0.5, 0.6) is 0 Å². The van der Waals surface area contributed by atoms with Crippen LogP contribution < -0.4 is 0 Å². The lowest BCUT2D eigenvalue weighted by Crippen LogP contribution is -2.31. The molecule has 0 aliphatic heterocycles. The molecule has 0 radical (unpaired) electrons. The van der Waals surface area contributed by atoms with Crippen LogP contribution in [0.3, 0.4) is 0 Å². The van der Waals surface area contributed by atoms with Crippen molar-refractivity contribution in [1.82, 2.24) is 0 Å². The number of Topliss-reactive ketones (excluding diaryl/α,β-unsaturated/α-hetero) is 1. The van der Waals surface area contributed by atoms with E-state index in [-0.39, 0.29) is 17.6 Å². The number of aliphatic hydroxyl groups is 1. The number of hydrogen-bond donors (Lipinski definition) is 1. The molecule has 1 aromatic carbocycles. The third-order valence-electron chi connectivity index (χ3n) is 3.25. The Bertz CT molecular complexity index is 370. The van der Waals surface area contributed by atoms with Gasteiger partial charge in [0, 0.05) is 11.5 Å². The van der Waals surface area contributed by atoms with Gasteiger partial charge in [-0.05, 0) is 11.5 Å². The van der Waals surface area contributed by atoms with Crippen molar-refractivity contribution in [2.75, 3.05) is 0 Å². The van der Waals surface area contributed by atoms with Crippen molar-refractivity contribution in [2.24, 2.45) is 11.8 Å². The average Bonchev–Trinajstić information content (AvgIpc) is 2.23. The maximum atomic E-state index is 11.9. The average molecular weight is 190 g/mol. The van der Waals surface area contributed by atoms with Gasteiger partial charge in [-0.15, -0.1) is 0 Å². The van der Waals surface area contributed by atoms with Crippen molar-refractivity contribution in [3.63, 3.8) is 0 Å². The SMILES string of the molecule is CC1C(=O)c2ccccc2C(O)C1C. The first kappa shape index (κ1) is 9.41. The van der Waals surface area contributed by atoms with E-state index < -0.39 is 6.10 Å². The number of rotatable bonds is 0. The third kappa shape index (κ3) is 1.18. The molecule has 3 unspecified atom stereocenters. The molecule has 1 N–H and O–H groups in total. The van der Waals surface area contributed by atoms with Gasteiger partial charge >= 0.3 is 0 Å². The van der Waals surface area contributed by atoms with Crippen LogP contribution in [0.4, 0.5) is 0 Å². The molecule has 0 bridgehead atoms. The number of aliphatic hydroxyl groups excluding tert-OH is 1. The van der Waals surface area contributed by atoms with Crippen LogP contribution in [0.2, 0.25) is 0 Å². The van der Waals surface area contributed by atoms with Gasteiger partial charge in [0.2, 0.25) is 0 Å². The van der Waals surface area contributed by atoms with Gasteiger partial charge in [-0.25, -0.2) is 0 Å². The van der Waals surface area contributed by atoms with Crippen LogP contribution in [0.1, 0.15) is 35.9 Å². The maximum Gasteiger partial charge on any atom is 0.166 e. The zero-order chi connectivity index (χ0) is 10.3. The van der Waals surface area contributed by atoms with E-state index >= 15 is 0 Å². The molecular formula is C12H14O2. The van der Waals surface area contributed by atoms with Gasteiger partial charge in [-0.2, -0.15) is 0 Å². The summed E-state index contributed by atoms with van der Waals surface area (Å²) in [7, 11) is 0. The summed E-state index contributed by atoms with van der Waals surface area (Å²) in [5, 5.41) is 9.97. The molecule has 0 amide bonds. The van der Waals surface area contributed by atoms with Crippen LogP contribution in [0.25, 0.3) is 0 Å². The number of carbonyl (C=O) groups is 1. The van der Waals surface area contributed by atoms with Crippen molar-refractivity contribution >= 4 is 5.78 Å². The van der Waals surface area contributed by atoms with Gasteiger partial charge in [0.1, 0.15) is 0 Å². The predicted molar refractivity (Wildman–Crippen MR) is 54.1 cm³/mol. The molecule has 0 fully saturated rings. The number of carbonyl (C=O) groups excluding carboxylic acids is 1. The Morgan fingerprint density at radius 3 is 2.57 bits per heavy atom. The van der Waals surface area contributed by atoms with Crippen LogP contribution in [0, 0.1) is 11.8 Å². The number of ketones is 1. The fourth-order valence-corrected chi connectivity index (χ4v) is 2.02. The van der Waals surface area contributed by atoms with E-state index in [1.165, 1.54) is 0 Å². The normalized spacial score (nSPS) is 31.4. The second-order valence-corrected chi connectivity index (χ2v) is 4.04. The quantitative estimate of drug-likeness (QED) is 0.680. The van der Waals surface area contributed by atoms with E-state index in [2.05, 4.69) is 0 Å². The van der Waals surface area contributed by atoms with E-state index in [4.69, 9.17) is 0 Å². The van der Waals surface area contributed by atoms with Gasteiger partial charge in [-0.3, -0.25) is 4.79 Å². The molecule has 0 spiro atoms. The largest absolute Gasteiger partial charge is 0.388 e. The van der Waals surface area contributed by atoms with Crippen molar-refractivity contribution in [2.45, 2.75) is 20.0 Å². The summed E-state index contributed by atoms with van der Waals surface area (Å²) in [6.07, 6.45) is -0.501. The molecule has 0 aromatic heterocycles. The Hall–Kier alpha value is -1.15. The molecule has 2 heteroatoms. The van der Waals surface area contributed by atoms with Gasteiger partial charge in [-0.1, -0.05) is 38.1 Å². The summed E-state index contributed by atoms with van der Waals surface area (Å²) < 4.78 is 0. The number of fused-ring (bicyclic) bond motifs is 1. The first-order chi connectivity index (χ1) is 6.63. The first-order valence-electron chi connectivity index (χ1n) is 4.94. The second-order valence-electron chi connectivity index (χ2n) is 4.04. The highest BCUT2D eigenvalue weighted by Crippen LogP contribution is 2.37. The van der Waals surface area contributed by atoms with E-state index in [0.717, 1.165) is 5.56 Å². The molecule has 3 atom stereocenters. The molecule has 74 valence electrons. The summed E-state index contributed by atoms with van der Waals surface area (Å²) in [6, 6.07) is 7.33. The van der Waals surface area contributed by atoms with Crippen LogP contribution in [-0.4, -0.2) is 10.9 Å². The number of hydrogen-bond acceptors (Lipinski definition) is 2. The van der Waals surface area contributed by atoms with E-state index in [1.54, 1.807) is 6.07 Å². The lowest BCUT2D eigenvalue weighted by Gasteiger charge is -2.31. The summed E-state index contributed by atoms with van der Waals surface area (Å²) in [5.41, 5.74) is 1.47. The molecule has 0 saturated carbocycles. The summed E-state index contributed by atoms with van der Waals surface area (Å²) in [4.78, 5) is 11.9. The fraction of sp³-hybridized carbons (Fsp3) is 0.417. The van der Waals surface area contributed by atoms with Crippen LogP contribution >= 0.6 is 0 Å². The molecule has 1 aliphatic carbocycles.